The van der Waals surface area contributed by atoms with E-state index in [-0.39, 0.29) is 17.7 Å². The van der Waals surface area contributed by atoms with Gasteiger partial charge in [-0.05, 0) is 43.7 Å². The summed E-state index contributed by atoms with van der Waals surface area (Å²) in [6.45, 7) is 2.19. The van der Waals surface area contributed by atoms with Gasteiger partial charge in [-0.1, -0.05) is 12.1 Å². The molecule has 5 nitrogen and oxygen atoms in total. The number of thioether (sulfide) groups is 1. The van der Waals surface area contributed by atoms with Crippen LogP contribution in [0.2, 0.25) is 0 Å². The molecule has 0 amide bonds. The molecule has 0 saturated heterocycles. The summed E-state index contributed by atoms with van der Waals surface area (Å²) in [5, 5.41) is 22.1. The maximum Gasteiger partial charge on any atom is 0.172 e. The average Bonchev–Trinajstić information content (AvgIpc) is 2.46. The lowest BCUT2D eigenvalue weighted by Gasteiger charge is -2.19. The first-order chi connectivity index (χ1) is 9.65. The van der Waals surface area contributed by atoms with Crippen molar-refractivity contribution in [3.05, 3.63) is 22.9 Å². The van der Waals surface area contributed by atoms with E-state index in [0.717, 1.165) is 30.0 Å². The molecule has 4 N–H and O–H groups in total. The second-order valence-electron chi connectivity index (χ2n) is 5.08. The second kappa shape index (κ2) is 6.95. The number of nitrogens with two attached hydrogens (primary N) is 1. The van der Waals surface area contributed by atoms with Gasteiger partial charge in [0.05, 0.1) is 5.56 Å². The first kappa shape index (κ1) is 15.1. The van der Waals surface area contributed by atoms with Crippen LogP contribution in [0, 0.1) is 0 Å². The number of aromatic nitrogens is 1. The Hall–Kier alpha value is -1.27. The molecular weight excluding hydrogens is 274 g/mol. The molecule has 0 bridgehead atoms. The number of aryl methyl sites for hydroxylation is 2. The zero-order chi connectivity index (χ0) is 14.5. The number of hydrogen-bond acceptors (Lipinski definition) is 5. The minimum atomic E-state index is 0.101. The number of fused-ring (bicyclic) bond motifs is 1. The highest BCUT2D eigenvalue weighted by molar-refractivity contribution is 7.99. The highest BCUT2D eigenvalue weighted by Gasteiger charge is 2.19. The summed E-state index contributed by atoms with van der Waals surface area (Å²) in [5.41, 5.74) is 8.81. The number of hydrogen-bond donors (Lipinski definition) is 3. The molecule has 1 aliphatic carbocycles. The summed E-state index contributed by atoms with van der Waals surface area (Å²) in [6, 6.07) is 2.00. The normalized spacial score (nSPS) is 16.8. The molecular formula is C14H21N3O2S. The predicted octanol–water partition coefficient (Wildman–Crippen LogP) is 1.92. The van der Waals surface area contributed by atoms with Crippen LogP contribution in [0.25, 0.3) is 0 Å². The molecule has 6 heteroatoms. The molecule has 1 aliphatic rings. The van der Waals surface area contributed by atoms with Crippen LogP contribution in [0.1, 0.15) is 43.0 Å². The topological polar surface area (TPSA) is 91.7 Å². The van der Waals surface area contributed by atoms with Crippen molar-refractivity contribution >= 4 is 17.6 Å². The van der Waals surface area contributed by atoms with Gasteiger partial charge < -0.3 is 16.0 Å². The third kappa shape index (κ3) is 3.43. The molecule has 2 rings (SSSR count). The van der Waals surface area contributed by atoms with E-state index in [1.807, 2.05) is 13.0 Å². The number of aliphatic hydroxyl groups excluding tert-OH is 1. The van der Waals surface area contributed by atoms with Crippen LogP contribution >= 0.6 is 11.8 Å². The third-order valence-corrected chi connectivity index (χ3v) is 4.67. The molecule has 110 valence electrons. The molecule has 1 heterocycles. The Morgan fingerprint density at radius 2 is 2.25 bits per heavy atom. The summed E-state index contributed by atoms with van der Waals surface area (Å²) in [5.74, 6) is 0.101. The fourth-order valence-electron chi connectivity index (χ4n) is 2.37. The third-order valence-electron chi connectivity index (χ3n) is 3.50. The van der Waals surface area contributed by atoms with Crippen LogP contribution in [0.5, 0.6) is 0 Å². The van der Waals surface area contributed by atoms with Gasteiger partial charge in [0.1, 0.15) is 5.03 Å². The van der Waals surface area contributed by atoms with Gasteiger partial charge in [-0.15, -0.1) is 11.8 Å². The SMILES string of the molecule is CC(CCO)Sc1nc2c(cc1C(N)=NO)CCCC2. The van der Waals surface area contributed by atoms with E-state index in [1.165, 1.54) is 12.0 Å². The maximum atomic E-state index is 9.01. The Balaban J connectivity index is 2.36. The lowest BCUT2D eigenvalue weighted by molar-refractivity contribution is 0.289. The Morgan fingerprint density at radius 3 is 2.95 bits per heavy atom. The fourth-order valence-corrected chi connectivity index (χ4v) is 3.43. The van der Waals surface area contributed by atoms with Gasteiger partial charge in [-0.25, -0.2) is 4.98 Å². The van der Waals surface area contributed by atoms with E-state index in [0.29, 0.717) is 12.0 Å². The van der Waals surface area contributed by atoms with Crippen LogP contribution in [-0.2, 0) is 12.8 Å². The minimum absolute atomic E-state index is 0.101. The molecule has 1 aromatic heterocycles. The summed E-state index contributed by atoms with van der Waals surface area (Å²) >= 11 is 1.57. The monoisotopic (exact) mass is 295 g/mol. The first-order valence-electron chi connectivity index (χ1n) is 6.94. The van der Waals surface area contributed by atoms with Crippen molar-refractivity contribution in [2.24, 2.45) is 10.9 Å². The van der Waals surface area contributed by atoms with Gasteiger partial charge in [0.15, 0.2) is 5.84 Å². The molecule has 1 unspecified atom stereocenters. The predicted molar refractivity (Wildman–Crippen MR) is 80.4 cm³/mol. The molecule has 0 fully saturated rings. The van der Waals surface area contributed by atoms with E-state index in [1.54, 1.807) is 11.8 Å². The second-order valence-corrected chi connectivity index (χ2v) is 6.51. The standard InChI is InChI=1S/C14H21N3O2S/c1-9(6-7-18)20-14-11(13(15)17-19)8-10-4-2-3-5-12(10)16-14/h8-9,18-19H,2-7H2,1H3,(H2,15,17). The van der Waals surface area contributed by atoms with Crippen LogP contribution in [0.4, 0.5) is 0 Å². The number of oxime groups is 1. The molecule has 0 aliphatic heterocycles. The highest BCUT2D eigenvalue weighted by atomic mass is 32.2. The van der Waals surface area contributed by atoms with E-state index in [9.17, 15) is 0 Å². The zero-order valence-electron chi connectivity index (χ0n) is 11.7. The van der Waals surface area contributed by atoms with Crippen molar-refractivity contribution in [3.8, 4) is 0 Å². The largest absolute Gasteiger partial charge is 0.409 e. The van der Waals surface area contributed by atoms with Gasteiger partial charge >= 0.3 is 0 Å². The lowest BCUT2D eigenvalue weighted by Crippen LogP contribution is -2.18. The maximum absolute atomic E-state index is 9.01. The van der Waals surface area contributed by atoms with Crippen molar-refractivity contribution in [2.45, 2.75) is 49.3 Å². The quantitative estimate of drug-likeness (QED) is 0.254. The smallest absolute Gasteiger partial charge is 0.172 e. The highest BCUT2D eigenvalue weighted by Crippen LogP contribution is 2.30. The molecule has 0 saturated carbocycles. The van der Waals surface area contributed by atoms with E-state index < -0.39 is 0 Å². The van der Waals surface area contributed by atoms with Crippen molar-refractivity contribution in [2.75, 3.05) is 6.61 Å². The van der Waals surface area contributed by atoms with Crippen molar-refractivity contribution < 1.29 is 10.3 Å². The lowest BCUT2D eigenvalue weighted by atomic mass is 9.95. The molecule has 0 aromatic carbocycles. The fraction of sp³-hybridized carbons (Fsp3) is 0.571. The van der Waals surface area contributed by atoms with Crippen LogP contribution in [0.3, 0.4) is 0 Å². The van der Waals surface area contributed by atoms with Crippen molar-refractivity contribution in [1.82, 2.24) is 4.98 Å². The Morgan fingerprint density at radius 1 is 1.50 bits per heavy atom. The summed E-state index contributed by atoms with van der Waals surface area (Å²) in [7, 11) is 0. The van der Waals surface area contributed by atoms with Crippen LogP contribution in [-0.4, -0.2) is 33.0 Å². The van der Waals surface area contributed by atoms with Crippen LogP contribution in [0.15, 0.2) is 16.2 Å². The zero-order valence-corrected chi connectivity index (χ0v) is 12.5. The summed E-state index contributed by atoms with van der Waals surface area (Å²) < 4.78 is 0. The Labute approximate surface area is 123 Å². The molecule has 1 aromatic rings. The van der Waals surface area contributed by atoms with Gasteiger partial charge in [0.25, 0.3) is 0 Å². The summed E-state index contributed by atoms with van der Waals surface area (Å²) in [4.78, 5) is 4.71. The van der Waals surface area contributed by atoms with Gasteiger partial charge in [-0.2, -0.15) is 0 Å². The summed E-state index contributed by atoms with van der Waals surface area (Å²) in [6.07, 6.45) is 5.02. The minimum Gasteiger partial charge on any atom is -0.409 e. The Bertz CT molecular complexity index is 505. The molecule has 20 heavy (non-hydrogen) atoms. The number of pyridine rings is 1. The van der Waals surface area contributed by atoms with Crippen LogP contribution < -0.4 is 5.73 Å². The van der Waals surface area contributed by atoms with Gasteiger partial charge in [0, 0.05) is 17.6 Å². The average molecular weight is 295 g/mol. The van der Waals surface area contributed by atoms with Crippen molar-refractivity contribution in [1.29, 1.82) is 0 Å². The number of nitrogens with zero attached hydrogens (tertiary/aromatic N) is 2. The molecule has 0 radical (unpaired) electrons. The van der Waals surface area contributed by atoms with Gasteiger partial charge in [-0.3, -0.25) is 0 Å². The van der Waals surface area contributed by atoms with E-state index in [2.05, 4.69) is 5.16 Å². The Kier molecular flexibility index (Phi) is 5.25. The van der Waals surface area contributed by atoms with Crippen molar-refractivity contribution in [3.63, 3.8) is 0 Å². The number of amidine groups is 1. The molecule has 0 spiro atoms. The first-order valence-corrected chi connectivity index (χ1v) is 7.82. The van der Waals surface area contributed by atoms with E-state index in [4.69, 9.17) is 21.0 Å². The number of rotatable bonds is 5. The molecule has 1 atom stereocenters. The van der Waals surface area contributed by atoms with Gasteiger partial charge in [0.2, 0.25) is 0 Å². The van der Waals surface area contributed by atoms with E-state index >= 15 is 0 Å². The number of aliphatic hydroxyl groups is 1.